The molecule has 0 radical (unpaired) electrons. The molecule has 21 heavy (non-hydrogen) atoms. The van der Waals surface area contributed by atoms with Crippen molar-refractivity contribution in [1.29, 1.82) is 0 Å². The van der Waals surface area contributed by atoms with Crippen LogP contribution in [0.3, 0.4) is 0 Å². The average molecular weight is 307 g/mol. The fourth-order valence-electron chi connectivity index (χ4n) is 1.69. The van der Waals surface area contributed by atoms with Crippen LogP contribution in [0, 0.1) is 0 Å². The third-order valence-corrected chi connectivity index (χ3v) is 3.15. The van der Waals surface area contributed by atoms with Crippen LogP contribution >= 0.6 is 11.6 Å². The van der Waals surface area contributed by atoms with Crippen LogP contribution in [-0.4, -0.2) is 18.1 Å². The van der Waals surface area contributed by atoms with Gasteiger partial charge in [0.05, 0.1) is 23.4 Å². The molecule has 110 valence electrons. The summed E-state index contributed by atoms with van der Waals surface area (Å²) in [5.41, 5.74) is 7.55. The zero-order valence-corrected chi connectivity index (χ0v) is 12.3. The number of hydrogen-bond donors (Lipinski definition) is 1. The van der Waals surface area contributed by atoms with Crippen molar-refractivity contribution < 1.29 is 14.3 Å². The van der Waals surface area contributed by atoms with Gasteiger partial charge in [0.25, 0.3) is 0 Å². The summed E-state index contributed by atoms with van der Waals surface area (Å²) in [6, 6.07) is 8.73. The third kappa shape index (κ3) is 3.93. The molecular formula is C15H15ClN2O3. The minimum absolute atomic E-state index is 0.253. The van der Waals surface area contributed by atoms with Crippen molar-refractivity contribution in [2.24, 2.45) is 5.73 Å². The normalized spacial score (nSPS) is 10.2. The van der Waals surface area contributed by atoms with Crippen molar-refractivity contribution in [3.63, 3.8) is 0 Å². The van der Waals surface area contributed by atoms with Gasteiger partial charge in [0.15, 0.2) is 0 Å². The predicted octanol–water partition coefficient (Wildman–Crippen LogP) is 2.56. The van der Waals surface area contributed by atoms with E-state index in [1.807, 2.05) is 6.07 Å². The summed E-state index contributed by atoms with van der Waals surface area (Å²) in [6.45, 7) is 0.680. The van der Waals surface area contributed by atoms with E-state index in [2.05, 4.69) is 9.72 Å². The second-order valence-corrected chi connectivity index (χ2v) is 4.69. The standard InChI is InChI=1S/C15H15ClN2O3/c1-20-15(19)11-3-4-12(18-8-11)9-21-14-5-2-10(7-17)6-13(14)16/h2-6,8H,7,9,17H2,1H3. The van der Waals surface area contributed by atoms with Gasteiger partial charge in [0.1, 0.15) is 12.4 Å². The molecule has 1 aromatic heterocycles. The number of carbonyl (C=O) groups excluding carboxylic acids is 1. The number of nitrogens with zero attached hydrogens (tertiary/aromatic N) is 1. The molecule has 2 rings (SSSR count). The van der Waals surface area contributed by atoms with Crippen molar-refractivity contribution in [2.75, 3.05) is 7.11 Å². The van der Waals surface area contributed by atoms with E-state index in [9.17, 15) is 4.79 Å². The van der Waals surface area contributed by atoms with Crippen molar-refractivity contribution in [3.8, 4) is 5.75 Å². The highest BCUT2D eigenvalue weighted by Crippen LogP contribution is 2.26. The Hall–Kier alpha value is -2.11. The third-order valence-electron chi connectivity index (χ3n) is 2.85. The zero-order valence-electron chi connectivity index (χ0n) is 11.5. The van der Waals surface area contributed by atoms with E-state index >= 15 is 0 Å². The number of carbonyl (C=O) groups is 1. The SMILES string of the molecule is COC(=O)c1ccc(COc2ccc(CN)cc2Cl)nc1. The number of methoxy groups -OCH3 is 1. The molecule has 0 unspecified atom stereocenters. The molecule has 5 nitrogen and oxygen atoms in total. The summed E-state index contributed by atoms with van der Waals surface area (Å²) in [5, 5.41) is 0.504. The first-order chi connectivity index (χ1) is 10.1. The number of halogens is 1. The minimum Gasteiger partial charge on any atom is -0.486 e. The lowest BCUT2D eigenvalue weighted by molar-refractivity contribution is 0.0600. The molecule has 0 aliphatic carbocycles. The van der Waals surface area contributed by atoms with E-state index in [1.165, 1.54) is 13.3 Å². The number of aromatic nitrogens is 1. The van der Waals surface area contributed by atoms with Crippen LogP contribution < -0.4 is 10.5 Å². The van der Waals surface area contributed by atoms with Gasteiger partial charge in [-0.15, -0.1) is 0 Å². The van der Waals surface area contributed by atoms with Gasteiger partial charge in [-0.2, -0.15) is 0 Å². The highest BCUT2D eigenvalue weighted by Gasteiger charge is 2.07. The summed E-state index contributed by atoms with van der Waals surface area (Å²) in [5.74, 6) is 0.142. The molecule has 2 N–H and O–H groups in total. The number of ether oxygens (including phenoxy) is 2. The lowest BCUT2D eigenvalue weighted by Gasteiger charge is -2.09. The van der Waals surface area contributed by atoms with Crippen LogP contribution in [-0.2, 0) is 17.9 Å². The van der Waals surface area contributed by atoms with E-state index in [1.54, 1.807) is 24.3 Å². The van der Waals surface area contributed by atoms with Gasteiger partial charge in [-0.3, -0.25) is 4.98 Å². The van der Waals surface area contributed by atoms with Crippen LogP contribution in [0.1, 0.15) is 21.6 Å². The molecule has 0 saturated carbocycles. The van der Waals surface area contributed by atoms with E-state index in [0.29, 0.717) is 28.6 Å². The Morgan fingerprint density at radius 3 is 2.71 bits per heavy atom. The molecule has 1 heterocycles. The van der Waals surface area contributed by atoms with Gasteiger partial charge in [0, 0.05) is 12.7 Å². The average Bonchev–Trinajstić information content (AvgIpc) is 2.53. The fourth-order valence-corrected chi connectivity index (χ4v) is 1.95. The van der Waals surface area contributed by atoms with Gasteiger partial charge in [0.2, 0.25) is 0 Å². The van der Waals surface area contributed by atoms with Crippen molar-refractivity contribution in [2.45, 2.75) is 13.2 Å². The van der Waals surface area contributed by atoms with Gasteiger partial charge in [-0.05, 0) is 29.8 Å². The lowest BCUT2D eigenvalue weighted by atomic mass is 10.2. The number of hydrogen-bond acceptors (Lipinski definition) is 5. The van der Waals surface area contributed by atoms with Crippen LogP contribution in [0.5, 0.6) is 5.75 Å². The summed E-state index contributed by atoms with van der Waals surface area (Å²) in [7, 11) is 1.33. The van der Waals surface area contributed by atoms with Crippen molar-refractivity contribution in [3.05, 3.63) is 58.4 Å². The maximum Gasteiger partial charge on any atom is 0.339 e. The zero-order chi connectivity index (χ0) is 15.2. The molecule has 0 aliphatic rings. The predicted molar refractivity (Wildman–Crippen MR) is 79.3 cm³/mol. The van der Waals surface area contributed by atoms with Crippen LogP contribution in [0.15, 0.2) is 36.5 Å². The Bertz CT molecular complexity index is 629. The van der Waals surface area contributed by atoms with Gasteiger partial charge in [-0.25, -0.2) is 4.79 Å². The summed E-state index contributed by atoms with van der Waals surface area (Å²) in [4.78, 5) is 15.4. The molecule has 0 fully saturated rings. The summed E-state index contributed by atoms with van der Waals surface area (Å²) < 4.78 is 10.2. The number of benzene rings is 1. The van der Waals surface area contributed by atoms with Crippen molar-refractivity contribution in [1.82, 2.24) is 4.98 Å². The number of esters is 1. The summed E-state index contributed by atoms with van der Waals surface area (Å²) >= 11 is 6.10. The van der Waals surface area contributed by atoms with Crippen LogP contribution in [0.4, 0.5) is 0 Å². The van der Waals surface area contributed by atoms with E-state index < -0.39 is 5.97 Å². The molecule has 0 bridgehead atoms. The van der Waals surface area contributed by atoms with Gasteiger partial charge >= 0.3 is 5.97 Å². The van der Waals surface area contributed by atoms with Crippen LogP contribution in [0.25, 0.3) is 0 Å². The van der Waals surface area contributed by atoms with E-state index in [-0.39, 0.29) is 6.61 Å². The monoisotopic (exact) mass is 306 g/mol. The second-order valence-electron chi connectivity index (χ2n) is 4.29. The molecule has 1 aromatic carbocycles. The molecule has 0 atom stereocenters. The Balaban J connectivity index is 2.01. The smallest absolute Gasteiger partial charge is 0.339 e. The van der Waals surface area contributed by atoms with E-state index in [0.717, 1.165) is 5.56 Å². The first-order valence-electron chi connectivity index (χ1n) is 6.28. The Morgan fingerprint density at radius 1 is 1.33 bits per heavy atom. The Kier molecular flexibility index (Phi) is 5.14. The highest BCUT2D eigenvalue weighted by molar-refractivity contribution is 6.32. The molecule has 0 aliphatic heterocycles. The first-order valence-corrected chi connectivity index (χ1v) is 6.66. The topological polar surface area (TPSA) is 74.4 Å². The molecule has 0 saturated heterocycles. The molecule has 2 aromatic rings. The van der Waals surface area contributed by atoms with Crippen molar-refractivity contribution >= 4 is 17.6 Å². The molecule has 0 spiro atoms. The number of nitrogens with two attached hydrogens (primary N) is 1. The Morgan fingerprint density at radius 2 is 2.14 bits per heavy atom. The largest absolute Gasteiger partial charge is 0.486 e. The summed E-state index contributed by atoms with van der Waals surface area (Å²) in [6.07, 6.45) is 1.45. The number of rotatable bonds is 5. The molecular weight excluding hydrogens is 292 g/mol. The lowest BCUT2D eigenvalue weighted by Crippen LogP contribution is -2.04. The molecule has 6 heteroatoms. The first kappa shape index (κ1) is 15.3. The molecule has 0 amide bonds. The van der Waals surface area contributed by atoms with Crippen LogP contribution in [0.2, 0.25) is 5.02 Å². The fraction of sp³-hybridized carbons (Fsp3) is 0.200. The quantitative estimate of drug-likeness (QED) is 0.859. The van der Waals surface area contributed by atoms with Gasteiger partial charge < -0.3 is 15.2 Å². The van der Waals surface area contributed by atoms with Gasteiger partial charge in [-0.1, -0.05) is 17.7 Å². The maximum absolute atomic E-state index is 11.3. The second kappa shape index (κ2) is 7.06. The highest BCUT2D eigenvalue weighted by atomic mass is 35.5. The van der Waals surface area contributed by atoms with E-state index in [4.69, 9.17) is 22.1 Å². The maximum atomic E-state index is 11.3. The Labute approximate surface area is 127 Å². The number of pyridine rings is 1. The minimum atomic E-state index is -0.421.